The molecule has 0 unspecified atom stereocenters. The van der Waals surface area contributed by atoms with Crippen LogP contribution in [0.15, 0.2) is 65.6 Å². The van der Waals surface area contributed by atoms with E-state index in [4.69, 9.17) is 4.42 Å². The third kappa shape index (κ3) is 3.85. The molecule has 2 aromatic carbocycles. The highest BCUT2D eigenvalue weighted by Crippen LogP contribution is 2.19. The topological polar surface area (TPSA) is 43.1 Å². The summed E-state index contributed by atoms with van der Waals surface area (Å²) < 4.78 is 30.4. The minimum Gasteiger partial charge on any atom is -0.451 e. The summed E-state index contributed by atoms with van der Waals surface area (Å²) in [5.41, 5.74) is 1.14. The van der Waals surface area contributed by atoms with Gasteiger partial charge in [-0.05, 0) is 31.2 Å². The van der Waals surface area contributed by atoms with E-state index in [2.05, 4.69) is 4.98 Å². The minimum absolute atomic E-state index is 0.155. The molecule has 112 valence electrons. The van der Waals surface area contributed by atoms with Gasteiger partial charge in [-0.25, -0.2) is 13.8 Å². The number of benzene rings is 2. The predicted molar refractivity (Wildman–Crippen MR) is 78.3 cm³/mol. The number of rotatable bonds is 2. The second-order valence-corrected chi connectivity index (χ2v) is 4.39. The third-order valence-corrected chi connectivity index (χ3v) is 2.84. The number of oxazole rings is 1. The van der Waals surface area contributed by atoms with Crippen LogP contribution in [0, 0.1) is 11.6 Å². The van der Waals surface area contributed by atoms with Gasteiger partial charge in [-0.2, -0.15) is 0 Å². The van der Waals surface area contributed by atoms with Gasteiger partial charge in [0.1, 0.15) is 23.6 Å². The van der Waals surface area contributed by atoms with Crippen molar-refractivity contribution in [3.63, 3.8) is 0 Å². The Morgan fingerprint density at radius 2 is 1.64 bits per heavy atom. The van der Waals surface area contributed by atoms with Crippen LogP contribution in [0.5, 0.6) is 0 Å². The molecule has 0 bridgehead atoms. The quantitative estimate of drug-likeness (QED) is 0.654. The number of ketones is 1. The Labute approximate surface area is 126 Å². The van der Waals surface area contributed by atoms with Crippen LogP contribution in [0.3, 0.4) is 0 Å². The summed E-state index contributed by atoms with van der Waals surface area (Å²) in [6.07, 6.45) is 2.69. The van der Waals surface area contributed by atoms with Gasteiger partial charge in [0, 0.05) is 5.56 Å². The molecule has 0 aliphatic rings. The second-order valence-electron chi connectivity index (χ2n) is 4.39. The Kier molecular flexibility index (Phi) is 5.14. The van der Waals surface area contributed by atoms with Crippen molar-refractivity contribution >= 4 is 5.78 Å². The zero-order valence-corrected chi connectivity index (χ0v) is 11.8. The van der Waals surface area contributed by atoms with E-state index in [1.54, 1.807) is 30.3 Å². The summed E-state index contributed by atoms with van der Waals surface area (Å²) in [6, 6.07) is 12.4. The molecule has 0 amide bonds. The van der Waals surface area contributed by atoms with Crippen molar-refractivity contribution in [1.29, 1.82) is 0 Å². The smallest absolute Gasteiger partial charge is 0.181 e. The maximum Gasteiger partial charge on any atom is 0.181 e. The molecule has 0 N–H and O–H groups in total. The molecule has 0 aliphatic carbocycles. The fraction of sp³-hybridized carbons (Fsp3) is 0.0588. The SMILES string of the molecule is CC(=O)c1ccccc1F.Fc1ccccc1-c1cocn1. The van der Waals surface area contributed by atoms with Gasteiger partial charge in [-0.15, -0.1) is 0 Å². The average molecular weight is 301 g/mol. The summed E-state index contributed by atoms with van der Waals surface area (Å²) in [5.74, 6) is -0.973. The van der Waals surface area contributed by atoms with Crippen LogP contribution >= 0.6 is 0 Å². The minimum atomic E-state index is -0.449. The number of Topliss-reactive ketones (excluding diaryl/α,β-unsaturated/α-hetero) is 1. The van der Waals surface area contributed by atoms with Gasteiger partial charge in [0.25, 0.3) is 0 Å². The highest BCUT2D eigenvalue weighted by Gasteiger charge is 2.05. The van der Waals surface area contributed by atoms with Crippen LogP contribution in [-0.2, 0) is 0 Å². The molecular weight excluding hydrogens is 288 g/mol. The van der Waals surface area contributed by atoms with E-state index >= 15 is 0 Å². The van der Waals surface area contributed by atoms with Crippen molar-refractivity contribution in [2.75, 3.05) is 0 Å². The summed E-state index contributed by atoms with van der Waals surface area (Å²) in [6.45, 7) is 1.35. The van der Waals surface area contributed by atoms with Crippen LogP contribution in [0.4, 0.5) is 8.78 Å². The summed E-state index contributed by atoms with van der Waals surface area (Å²) in [4.78, 5) is 14.5. The van der Waals surface area contributed by atoms with Crippen LogP contribution in [0.1, 0.15) is 17.3 Å². The fourth-order valence-corrected chi connectivity index (χ4v) is 1.76. The number of hydrogen-bond donors (Lipinski definition) is 0. The Balaban J connectivity index is 0.000000164. The lowest BCUT2D eigenvalue weighted by Gasteiger charge is -1.95. The first-order valence-electron chi connectivity index (χ1n) is 6.48. The molecule has 0 fully saturated rings. The molecule has 0 atom stereocenters. The Morgan fingerprint density at radius 1 is 1.00 bits per heavy atom. The van der Waals surface area contributed by atoms with E-state index in [0.29, 0.717) is 11.3 Å². The highest BCUT2D eigenvalue weighted by atomic mass is 19.1. The van der Waals surface area contributed by atoms with Crippen LogP contribution < -0.4 is 0 Å². The number of hydrogen-bond acceptors (Lipinski definition) is 3. The lowest BCUT2D eigenvalue weighted by molar-refractivity contribution is 0.101. The number of aromatic nitrogens is 1. The van der Waals surface area contributed by atoms with Crippen LogP contribution in [0.25, 0.3) is 11.3 Å². The first-order valence-corrected chi connectivity index (χ1v) is 6.48. The lowest BCUT2D eigenvalue weighted by Crippen LogP contribution is -1.94. The zero-order chi connectivity index (χ0) is 15.9. The molecule has 5 heteroatoms. The molecule has 3 rings (SSSR count). The van der Waals surface area contributed by atoms with Crippen molar-refractivity contribution in [2.45, 2.75) is 6.92 Å². The van der Waals surface area contributed by atoms with Crippen molar-refractivity contribution in [3.05, 3.63) is 78.4 Å². The van der Waals surface area contributed by atoms with Gasteiger partial charge in [0.05, 0.1) is 5.56 Å². The molecule has 1 aromatic heterocycles. The van der Waals surface area contributed by atoms with Gasteiger partial charge in [-0.3, -0.25) is 4.79 Å². The number of carbonyl (C=O) groups is 1. The van der Waals surface area contributed by atoms with E-state index < -0.39 is 5.82 Å². The Hall–Kier alpha value is -2.82. The number of halogens is 2. The number of carbonyl (C=O) groups excluding carboxylic acids is 1. The second kappa shape index (κ2) is 7.26. The predicted octanol–water partition coefficient (Wildman–Crippen LogP) is 4.51. The van der Waals surface area contributed by atoms with Crippen LogP contribution in [0.2, 0.25) is 0 Å². The zero-order valence-electron chi connectivity index (χ0n) is 11.8. The molecule has 0 radical (unpaired) electrons. The third-order valence-electron chi connectivity index (χ3n) is 2.84. The van der Waals surface area contributed by atoms with Crippen molar-refractivity contribution < 1.29 is 18.0 Å². The van der Waals surface area contributed by atoms with E-state index in [0.717, 1.165) is 0 Å². The van der Waals surface area contributed by atoms with Gasteiger partial charge >= 0.3 is 0 Å². The van der Waals surface area contributed by atoms with E-state index in [1.165, 1.54) is 37.8 Å². The van der Waals surface area contributed by atoms with E-state index in [9.17, 15) is 13.6 Å². The van der Waals surface area contributed by atoms with Gasteiger partial charge in [-0.1, -0.05) is 24.3 Å². The van der Waals surface area contributed by atoms with Crippen LogP contribution in [-0.4, -0.2) is 10.8 Å². The molecule has 3 aromatic rings. The maximum atomic E-state index is 13.1. The summed E-state index contributed by atoms with van der Waals surface area (Å²) >= 11 is 0. The Morgan fingerprint density at radius 3 is 2.14 bits per heavy atom. The van der Waals surface area contributed by atoms with Gasteiger partial charge in [0.15, 0.2) is 12.2 Å². The normalized spacial score (nSPS) is 9.77. The maximum absolute atomic E-state index is 13.1. The fourth-order valence-electron chi connectivity index (χ4n) is 1.76. The largest absolute Gasteiger partial charge is 0.451 e. The molecule has 0 saturated carbocycles. The van der Waals surface area contributed by atoms with Crippen molar-refractivity contribution in [2.24, 2.45) is 0 Å². The molecule has 0 aliphatic heterocycles. The van der Waals surface area contributed by atoms with E-state index in [1.807, 2.05) is 0 Å². The average Bonchev–Trinajstić information content (AvgIpc) is 3.02. The Bertz CT molecular complexity index is 755. The first-order chi connectivity index (χ1) is 10.6. The molecule has 0 saturated heterocycles. The van der Waals surface area contributed by atoms with E-state index in [-0.39, 0.29) is 17.2 Å². The van der Waals surface area contributed by atoms with Gasteiger partial charge in [0.2, 0.25) is 0 Å². The lowest BCUT2D eigenvalue weighted by atomic mass is 10.1. The number of nitrogens with zero attached hydrogens (tertiary/aromatic N) is 1. The molecule has 0 spiro atoms. The van der Waals surface area contributed by atoms with Crippen molar-refractivity contribution in [3.8, 4) is 11.3 Å². The molecule has 22 heavy (non-hydrogen) atoms. The standard InChI is InChI=1S/C9H6FNO.C8H7FO/c10-8-4-2-1-3-7(8)9-5-12-6-11-9;1-6(10)7-4-2-3-5-8(7)9/h1-6H;2-5H,1H3. The monoisotopic (exact) mass is 301 g/mol. The van der Waals surface area contributed by atoms with Crippen molar-refractivity contribution in [1.82, 2.24) is 4.98 Å². The highest BCUT2D eigenvalue weighted by molar-refractivity contribution is 5.94. The van der Waals surface area contributed by atoms with Gasteiger partial charge < -0.3 is 4.42 Å². The molecule has 3 nitrogen and oxygen atoms in total. The molecule has 1 heterocycles. The summed E-state index contributed by atoms with van der Waals surface area (Å²) in [5, 5.41) is 0. The molecular formula is C17H13F2NO2. The summed E-state index contributed by atoms with van der Waals surface area (Å²) in [7, 11) is 0. The first kappa shape index (κ1) is 15.6.